The minimum absolute atomic E-state index is 0. The molecule has 2 aliphatic heterocycles. The standard InChI is InChI=1S/C13H26N2O.ClH/c1-10(2)15-6-4-12(5-7-15)13-14-8-11(3)9-16-13;/h10-14H,4-9H2,1-3H3;1H. The summed E-state index contributed by atoms with van der Waals surface area (Å²) in [4.78, 5) is 2.57. The van der Waals surface area contributed by atoms with Gasteiger partial charge in [0.05, 0.1) is 6.61 Å². The van der Waals surface area contributed by atoms with Gasteiger partial charge in [-0.2, -0.15) is 0 Å². The van der Waals surface area contributed by atoms with Crippen LogP contribution in [0, 0.1) is 11.8 Å². The van der Waals surface area contributed by atoms with Crippen molar-refractivity contribution in [1.82, 2.24) is 10.2 Å². The van der Waals surface area contributed by atoms with Crippen LogP contribution in [0.4, 0.5) is 0 Å². The smallest absolute Gasteiger partial charge is 0.111 e. The van der Waals surface area contributed by atoms with E-state index in [1.54, 1.807) is 0 Å². The summed E-state index contributed by atoms with van der Waals surface area (Å²) < 4.78 is 5.90. The van der Waals surface area contributed by atoms with Crippen LogP contribution in [0.3, 0.4) is 0 Å². The van der Waals surface area contributed by atoms with Gasteiger partial charge < -0.3 is 9.64 Å². The molecule has 0 spiro atoms. The van der Waals surface area contributed by atoms with Crippen LogP contribution < -0.4 is 5.32 Å². The van der Waals surface area contributed by atoms with Gasteiger partial charge in [-0.05, 0) is 45.7 Å². The first-order valence-electron chi connectivity index (χ1n) is 6.76. The lowest BCUT2D eigenvalue weighted by molar-refractivity contribution is -0.0710. The molecule has 1 N–H and O–H groups in total. The van der Waals surface area contributed by atoms with E-state index in [0.29, 0.717) is 18.2 Å². The molecule has 2 fully saturated rings. The van der Waals surface area contributed by atoms with E-state index < -0.39 is 0 Å². The average Bonchev–Trinajstić information content (AvgIpc) is 2.30. The van der Waals surface area contributed by atoms with E-state index in [9.17, 15) is 0 Å². The molecule has 2 aliphatic rings. The first kappa shape index (κ1) is 15.2. The number of halogens is 1. The number of likely N-dealkylation sites (tertiary alicyclic amines) is 1. The molecule has 102 valence electrons. The number of nitrogens with zero attached hydrogens (tertiary/aromatic N) is 1. The van der Waals surface area contributed by atoms with Crippen LogP contribution in [0.2, 0.25) is 0 Å². The Balaban J connectivity index is 0.00000144. The second-order valence-electron chi connectivity index (χ2n) is 5.73. The summed E-state index contributed by atoms with van der Waals surface area (Å²) in [5.41, 5.74) is 0. The number of hydrogen-bond donors (Lipinski definition) is 1. The number of nitrogens with one attached hydrogen (secondary N) is 1. The first-order valence-corrected chi connectivity index (χ1v) is 6.76. The zero-order valence-corrected chi connectivity index (χ0v) is 12.1. The zero-order valence-electron chi connectivity index (χ0n) is 11.3. The summed E-state index contributed by atoms with van der Waals surface area (Å²) in [5, 5.41) is 3.54. The number of hydrogen-bond acceptors (Lipinski definition) is 3. The largest absolute Gasteiger partial charge is 0.363 e. The maximum atomic E-state index is 5.90. The zero-order chi connectivity index (χ0) is 11.5. The van der Waals surface area contributed by atoms with Crippen LogP contribution in [-0.2, 0) is 4.74 Å². The van der Waals surface area contributed by atoms with Gasteiger partial charge in [0, 0.05) is 18.5 Å². The maximum Gasteiger partial charge on any atom is 0.111 e. The lowest BCUT2D eigenvalue weighted by Crippen LogP contribution is -2.50. The van der Waals surface area contributed by atoms with E-state index in [4.69, 9.17) is 4.74 Å². The van der Waals surface area contributed by atoms with Gasteiger partial charge in [0.2, 0.25) is 0 Å². The fourth-order valence-corrected chi connectivity index (χ4v) is 2.74. The SMILES string of the molecule is CC1CNC(C2CCN(C(C)C)CC2)OC1.Cl. The van der Waals surface area contributed by atoms with E-state index >= 15 is 0 Å². The first-order chi connectivity index (χ1) is 7.66. The van der Waals surface area contributed by atoms with Gasteiger partial charge in [-0.25, -0.2) is 0 Å². The van der Waals surface area contributed by atoms with Crippen molar-refractivity contribution in [3.05, 3.63) is 0 Å². The Morgan fingerprint density at radius 2 is 1.88 bits per heavy atom. The van der Waals surface area contributed by atoms with Crippen molar-refractivity contribution in [2.45, 2.75) is 45.9 Å². The van der Waals surface area contributed by atoms with Crippen molar-refractivity contribution >= 4 is 12.4 Å². The third-order valence-electron chi connectivity index (χ3n) is 3.96. The highest BCUT2D eigenvalue weighted by atomic mass is 35.5. The molecular weight excluding hydrogens is 236 g/mol. The van der Waals surface area contributed by atoms with Gasteiger partial charge in [-0.15, -0.1) is 12.4 Å². The summed E-state index contributed by atoms with van der Waals surface area (Å²) >= 11 is 0. The van der Waals surface area contributed by atoms with Gasteiger partial charge in [0.1, 0.15) is 6.23 Å². The highest BCUT2D eigenvalue weighted by Gasteiger charge is 2.30. The van der Waals surface area contributed by atoms with Crippen LogP contribution in [0.15, 0.2) is 0 Å². The number of rotatable bonds is 2. The van der Waals surface area contributed by atoms with Gasteiger partial charge in [0.15, 0.2) is 0 Å². The van der Waals surface area contributed by atoms with Crippen LogP contribution in [0.25, 0.3) is 0 Å². The van der Waals surface area contributed by atoms with Crippen molar-refractivity contribution < 1.29 is 4.74 Å². The topological polar surface area (TPSA) is 24.5 Å². The predicted octanol–water partition coefficient (Wildman–Crippen LogP) is 2.11. The molecule has 0 amide bonds. The van der Waals surface area contributed by atoms with Crippen LogP contribution >= 0.6 is 12.4 Å². The summed E-state index contributed by atoms with van der Waals surface area (Å²) in [6.45, 7) is 11.3. The molecule has 2 unspecified atom stereocenters. The molecule has 2 saturated heterocycles. The minimum atomic E-state index is 0. The quantitative estimate of drug-likeness (QED) is 0.825. The Hall–Kier alpha value is 0.170. The molecule has 2 atom stereocenters. The van der Waals surface area contributed by atoms with Crippen molar-refractivity contribution in [2.24, 2.45) is 11.8 Å². The molecule has 0 saturated carbocycles. The highest BCUT2D eigenvalue weighted by molar-refractivity contribution is 5.85. The third kappa shape index (κ3) is 4.09. The summed E-state index contributed by atoms with van der Waals surface area (Å²) in [6.07, 6.45) is 2.89. The van der Waals surface area contributed by atoms with Gasteiger partial charge in [0.25, 0.3) is 0 Å². The molecule has 0 aliphatic carbocycles. The highest BCUT2D eigenvalue weighted by Crippen LogP contribution is 2.24. The van der Waals surface area contributed by atoms with E-state index in [2.05, 4.69) is 31.0 Å². The number of ether oxygens (including phenoxy) is 1. The normalized spacial score (nSPS) is 32.5. The fourth-order valence-electron chi connectivity index (χ4n) is 2.74. The van der Waals surface area contributed by atoms with Gasteiger partial charge in [-0.3, -0.25) is 5.32 Å². The van der Waals surface area contributed by atoms with Crippen molar-refractivity contribution in [1.29, 1.82) is 0 Å². The number of piperidine rings is 1. The van der Waals surface area contributed by atoms with E-state index in [1.807, 2.05) is 0 Å². The van der Waals surface area contributed by atoms with E-state index in [1.165, 1.54) is 25.9 Å². The van der Waals surface area contributed by atoms with Gasteiger partial charge >= 0.3 is 0 Å². The van der Waals surface area contributed by atoms with Gasteiger partial charge in [-0.1, -0.05) is 6.92 Å². The van der Waals surface area contributed by atoms with Crippen LogP contribution in [0.5, 0.6) is 0 Å². The summed E-state index contributed by atoms with van der Waals surface area (Å²) in [5.74, 6) is 1.40. The Morgan fingerprint density at radius 1 is 1.24 bits per heavy atom. The van der Waals surface area contributed by atoms with Crippen molar-refractivity contribution in [3.63, 3.8) is 0 Å². The second kappa shape index (κ2) is 6.93. The molecule has 4 heteroatoms. The Bertz CT molecular complexity index is 209. The van der Waals surface area contributed by atoms with E-state index in [-0.39, 0.29) is 12.4 Å². The van der Waals surface area contributed by atoms with Crippen molar-refractivity contribution in [2.75, 3.05) is 26.2 Å². The lowest BCUT2D eigenvalue weighted by Gasteiger charge is -2.40. The molecule has 0 aromatic carbocycles. The molecule has 0 aromatic rings. The fraction of sp³-hybridized carbons (Fsp3) is 1.00. The monoisotopic (exact) mass is 262 g/mol. The van der Waals surface area contributed by atoms with Crippen molar-refractivity contribution in [3.8, 4) is 0 Å². The predicted molar refractivity (Wildman–Crippen MR) is 73.6 cm³/mol. The Morgan fingerprint density at radius 3 is 2.35 bits per heavy atom. The maximum absolute atomic E-state index is 5.90. The third-order valence-corrected chi connectivity index (χ3v) is 3.96. The summed E-state index contributed by atoms with van der Waals surface area (Å²) in [6, 6.07) is 0.696. The Labute approximate surface area is 112 Å². The molecule has 17 heavy (non-hydrogen) atoms. The van der Waals surface area contributed by atoms with Crippen LogP contribution in [-0.4, -0.2) is 43.4 Å². The summed E-state index contributed by atoms with van der Waals surface area (Å²) in [7, 11) is 0. The lowest BCUT2D eigenvalue weighted by atomic mass is 9.93. The molecule has 3 nitrogen and oxygen atoms in total. The van der Waals surface area contributed by atoms with E-state index in [0.717, 1.165) is 19.1 Å². The molecule has 2 heterocycles. The molecule has 0 radical (unpaired) electrons. The molecule has 0 bridgehead atoms. The molecular formula is C13H27ClN2O. The minimum Gasteiger partial charge on any atom is -0.363 e. The second-order valence-corrected chi connectivity index (χ2v) is 5.73. The average molecular weight is 263 g/mol. The van der Waals surface area contributed by atoms with Crippen LogP contribution in [0.1, 0.15) is 33.6 Å². The molecule has 2 rings (SSSR count). The molecule has 0 aromatic heterocycles. The Kier molecular flexibility index (Phi) is 6.21.